The van der Waals surface area contributed by atoms with Crippen LogP contribution in [-0.2, 0) is 14.8 Å². The van der Waals surface area contributed by atoms with Crippen LogP contribution in [0.4, 0.5) is 5.69 Å². The Morgan fingerprint density at radius 1 is 1.10 bits per heavy atom. The first-order valence-electron chi connectivity index (χ1n) is 9.74. The number of anilines is 1. The van der Waals surface area contributed by atoms with E-state index < -0.39 is 10.0 Å². The zero-order valence-corrected chi connectivity index (χ0v) is 18.7. The highest BCUT2D eigenvalue weighted by atomic mass is 35.5. The Hall–Kier alpha value is -2.05. The molecule has 0 aliphatic carbocycles. The fourth-order valence-corrected chi connectivity index (χ4v) is 4.34. The fraction of sp³-hybridized carbons (Fsp3) is 0.409. The number of carbonyl (C=O) groups is 1. The summed E-state index contributed by atoms with van der Waals surface area (Å²) in [6.07, 6.45) is 2.65. The zero-order chi connectivity index (χ0) is 21.4. The van der Waals surface area contributed by atoms with E-state index in [1.807, 2.05) is 30.3 Å². The lowest BCUT2D eigenvalue weighted by molar-refractivity contribution is -0.122. The van der Waals surface area contributed by atoms with Gasteiger partial charge in [-0.05, 0) is 42.5 Å². The van der Waals surface area contributed by atoms with Gasteiger partial charge in [-0.25, -0.2) is 8.42 Å². The van der Waals surface area contributed by atoms with Gasteiger partial charge in [-0.1, -0.05) is 61.8 Å². The van der Waals surface area contributed by atoms with E-state index in [0.29, 0.717) is 23.0 Å². The molecule has 0 unspecified atom stereocenters. The minimum atomic E-state index is -3.47. The zero-order valence-electron chi connectivity index (χ0n) is 17.1. The molecule has 158 valence electrons. The lowest BCUT2D eigenvalue weighted by atomic mass is 9.97. The third-order valence-corrected chi connectivity index (χ3v) is 5.93. The van der Waals surface area contributed by atoms with E-state index >= 15 is 0 Å². The monoisotopic (exact) mass is 436 g/mol. The molecule has 0 saturated heterocycles. The molecule has 7 heteroatoms. The molecule has 1 N–H and O–H groups in total. The number of nitrogens with one attached hydrogen (secondary N) is 1. The van der Waals surface area contributed by atoms with Gasteiger partial charge in [-0.15, -0.1) is 0 Å². The molecule has 2 rings (SSSR count). The molecule has 29 heavy (non-hydrogen) atoms. The largest absolute Gasteiger partial charge is 0.349 e. The Morgan fingerprint density at radius 3 is 2.38 bits per heavy atom. The average molecular weight is 437 g/mol. The Bertz CT molecular complexity index is 901. The molecule has 5 nitrogen and oxygen atoms in total. The van der Waals surface area contributed by atoms with Gasteiger partial charge in [-0.2, -0.15) is 0 Å². The third-order valence-electron chi connectivity index (χ3n) is 4.51. The number of halogens is 1. The van der Waals surface area contributed by atoms with Gasteiger partial charge in [0.1, 0.15) is 0 Å². The van der Waals surface area contributed by atoms with Crippen LogP contribution < -0.4 is 9.62 Å². The number of amides is 1. The molecule has 1 atom stereocenters. The molecule has 0 saturated carbocycles. The van der Waals surface area contributed by atoms with Gasteiger partial charge < -0.3 is 5.32 Å². The Kier molecular flexibility index (Phi) is 8.53. The maximum Gasteiger partial charge on any atom is 0.232 e. The topological polar surface area (TPSA) is 66.5 Å². The molecule has 0 heterocycles. The minimum Gasteiger partial charge on any atom is -0.349 e. The lowest BCUT2D eigenvalue weighted by Crippen LogP contribution is -2.33. The maximum atomic E-state index is 12.5. The molecule has 2 aromatic rings. The third kappa shape index (κ3) is 7.71. The van der Waals surface area contributed by atoms with Crippen LogP contribution >= 0.6 is 11.6 Å². The van der Waals surface area contributed by atoms with Gasteiger partial charge >= 0.3 is 0 Å². The van der Waals surface area contributed by atoms with Crippen molar-refractivity contribution in [3.8, 4) is 0 Å². The van der Waals surface area contributed by atoms with E-state index in [-0.39, 0.29) is 24.9 Å². The number of carbonyl (C=O) groups excluding carboxylic acids is 1. The van der Waals surface area contributed by atoms with Crippen molar-refractivity contribution in [3.05, 3.63) is 65.2 Å². The molecule has 0 aliphatic heterocycles. The van der Waals surface area contributed by atoms with Gasteiger partial charge in [0.15, 0.2) is 0 Å². The second-order valence-electron chi connectivity index (χ2n) is 7.58. The van der Waals surface area contributed by atoms with Crippen molar-refractivity contribution in [1.82, 2.24) is 5.32 Å². The van der Waals surface area contributed by atoms with Crippen molar-refractivity contribution in [2.45, 2.75) is 39.2 Å². The van der Waals surface area contributed by atoms with Gasteiger partial charge in [0.2, 0.25) is 15.9 Å². The SMILES string of the molecule is CC(C)C[C@@H](NC(=O)CCCN(c1cccc(Cl)c1)S(C)(=O)=O)c1ccccc1. The second-order valence-corrected chi connectivity index (χ2v) is 9.92. The Morgan fingerprint density at radius 2 is 1.79 bits per heavy atom. The molecule has 0 aliphatic rings. The number of nitrogens with zero attached hydrogens (tertiary/aromatic N) is 1. The van der Waals surface area contributed by atoms with Crippen molar-refractivity contribution >= 4 is 33.2 Å². The van der Waals surface area contributed by atoms with Crippen LogP contribution in [0.15, 0.2) is 54.6 Å². The summed E-state index contributed by atoms with van der Waals surface area (Å²) in [5.41, 5.74) is 1.58. The highest BCUT2D eigenvalue weighted by Crippen LogP contribution is 2.23. The summed E-state index contributed by atoms with van der Waals surface area (Å²) < 4.78 is 25.7. The minimum absolute atomic E-state index is 0.0531. The summed E-state index contributed by atoms with van der Waals surface area (Å²) in [5, 5.41) is 3.56. The van der Waals surface area contributed by atoms with Gasteiger partial charge in [0, 0.05) is 18.0 Å². The predicted octanol–water partition coefficient (Wildman–Crippen LogP) is 4.79. The summed E-state index contributed by atoms with van der Waals surface area (Å²) >= 11 is 5.99. The summed E-state index contributed by atoms with van der Waals surface area (Å²) in [7, 11) is -3.47. The molecular weight excluding hydrogens is 408 g/mol. The number of hydrogen-bond acceptors (Lipinski definition) is 3. The van der Waals surface area contributed by atoms with E-state index in [9.17, 15) is 13.2 Å². The second kappa shape index (κ2) is 10.6. The number of rotatable bonds is 10. The van der Waals surface area contributed by atoms with Crippen LogP contribution in [0.2, 0.25) is 5.02 Å². The van der Waals surface area contributed by atoms with Crippen molar-refractivity contribution in [3.63, 3.8) is 0 Å². The highest BCUT2D eigenvalue weighted by molar-refractivity contribution is 7.92. The Balaban J connectivity index is 1.99. The van der Waals surface area contributed by atoms with E-state index in [1.54, 1.807) is 24.3 Å². The van der Waals surface area contributed by atoms with Gasteiger partial charge in [-0.3, -0.25) is 9.10 Å². The van der Waals surface area contributed by atoms with Crippen LogP contribution in [0, 0.1) is 5.92 Å². The van der Waals surface area contributed by atoms with Crippen LogP contribution in [-0.4, -0.2) is 27.1 Å². The van der Waals surface area contributed by atoms with Crippen molar-refractivity contribution in [2.24, 2.45) is 5.92 Å². The molecular formula is C22H29ClN2O3S. The molecule has 0 fully saturated rings. The number of sulfonamides is 1. The molecule has 0 radical (unpaired) electrons. The molecule has 0 bridgehead atoms. The Labute approximate surface area is 179 Å². The smallest absolute Gasteiger partial charge is 0.232 e. The van der Waals surface area contributed by atoms with E-state index in [0.717, 1.165) is 18.2 Å². The quantitative estimate of drug-likeness (QED) is 0.582. The van der Waals surface area contributed by atoms with Crippen LogP contribution in [0.25, 0.3) is 0 Å². The van der Waals surface area contributed by atoms with Crippen LogP contribution in [0.3, 0.4) is 0 Å². The molecule has 0 spiro atoms. The van der Waals surface area contributed by atoms with Gasteiger partial charge in [0.25, 0.3) is 0 Å². The van der Waals surface area contributed by atoms with E-state index in [4.69, 9.17) is 11.6 Å². The predicted molar refractivity (Wildman–Crippen MR) is 120 cm³/mol. The summed E-state index contributed by atoms with van der Waals surface area (Å²) in [6, 6.07) is 16.5. The summed E-state index contributed by atoms with van der Waals surface area (Å²) in [4.78, 5) is 12.5. The van der Waals surface area contributed by atoms with Crippen LogP contribution in [0.1, 0.15) is 44.7 Å². The first kappa shape index (κ1) is 23.2. The van der Waals surface area contributed by atoms with E-state index in [1.165, 1.54) is 4.31 Å². The lowest BCUT2D eigenvalue weighted by Gasteiger charge is -2.23. The molecule has 0 aromatic heterocycles. The van der Waals surface area contributed by atoms with Gasteiger partial charge in [0.05, 0.1) is 18.0 Å². The average Bonchev–Trinajstić information content (AvgIpc) is 2.64. The normalized spacial score (nSPS) is 12.6. The molecule has 2 aromatic carbocycles. The van der Waals surface area contributed by atoms with Crippen molar-refractivity contribution < 1.29 is 13.2 Å². The number of benzene rings is 2. The van der Waals surface area contributed by atoms with Crippen molar-refractivity contribution in [1.29, 1.82) is 0 Å². The summed E-state index contributed by atoms with van der Waals surface area (Å²) in [6.45, 7) is 4.46. The molecule has 1 amide bonds. The highest BCUT2D eigenvalue weighted by Gasteiger charge is 2.19. The van der Waals surface area contributed by atoms with Crippen LogP contribution in [0.5, 0.6) is 0 Å². The number of hydrogen-bond donors (Lipinski definition) is 1. The van der Waals surface area contributed by atoms with E-state index in [2.05, 4.69) is 19.2 Å². The first-order chi connectivity index (χ1) is 13.7. The summed E-state index contributed by atoms with van der Waals surface area (Å²) in [5.74, 6) is 0.350. The maximum absolute atomic E-state index is 12.5. The first-order valence-corrected chi connectivity index (χ1v) is 12.0. The standard InChI is InChI=1S/C22H29ClN2O3S/c1-17(2)15-21(18-9-5-4-6-10-18)24-22(26)13-8-14-25(29(3,27)28)20-12-7-11-19(23)16-20/h4-7,9-12,16-17,21H,8,13-15H2,1-3H3,(H,24,26)/t21-/m1/s1. The van der Waals surface area contributed by atoms with Crippen molar-refractivity contribution in [2.75, 3.05) is 17.1 Å². The fourth-order valence-electron chi connectivity index (χ4n) is 3.20.